The maximum atomic E-state index is 14.3. The van der Waals surface area contributed by atoms with Crippen LogP contribution in [0.25, 0.3) is 11.4 Å². The van der Waals surface area contributed by atoms with E-state index in [9.17, 15) is 18.0 Å². The minimum atomic E-state index is -2.83. The predicted molar refractivity (Wildman–Crippen MR) is 198 cm³/mol. The Hall–Kier alpha value is -3.94. The van der Waals surface area contributed by atoms with Crippen LogP contribution in [-0.2, 0) is 11.0 Å². The van der Waals surface area contributed by atoms with E-state index in [-0.39, 0.29) is 60.5 Å². The highest BCUT2D eigenvalue weighted by Crippen LogP contribution is 2.38. The van der Waals surface area contributed by atoms with Gasteiger partial charge in [0.05, 0.1) is 35.6 Å². The molecule has 1 atom stereocenters. The number of likely N-dealkylation sites (tertiary alicyclic amines) is 1. The van der Waals surface area contributed by atoms with Crippen molar-refractivity contribution in [2.75, 3.05) is 19.6 Å². The summed E-state index contributed by atoms with van der Waals surface area (Å²) in [5.74, 6) is -3.51. The Bertz CT molecular complexity index is 1900. The van der Waals surface area contributed by atoms with Crippen LogP contribution >= 0.6 is 22.9 Å². The third kappa shape index (κ3) is 8.26. The molecule has 6 rings (SSSR count). The highest BCUT2D eigenvalue weighted by Gasteiger charge is 2.50. The molecule has 13 heteroatoms. The fourth-order valence-corrected chi connectivity index (χ4v) is 12.4. The summed E-state index contributed by atoms with van der Waals surface area (Å²) in [5, 5.41) is 6.04. The lowest BCUT2D eigenvalue weighted by atomic mass is 10.0. The average molecular weight is 750 g/mol. The number of rotatable bonds is 11. The summed E-state index contributed by atoms with van der Waals surface area (Å²) in [6.45, 7) is 7.37. The van der Waals surface area contributed by atoms with Gasteiger partial charge in [-0.3, -0.25) is 9.69 Å². The van der Waals surface area contributed by atoms with E-state index in [0.717, 1.165) is 32.7 Å². The van der Waals surface area contributed by atoms with Crippen LogP contribution in [0.4, 0.5) is 13.2 Å². The number of amides is 1. The van der Waals surface area contributed by atoms with E-state index in [1.807, 2.05) is 41.3 Å². The molecule has 0 aliphatic carbocycles. The zero-order chi connectivity index (χ0) is 36.2. The molecule has 0 saturated carbocycles. The Morgan fingerprint density at radius 1 is 0.961 bits per heavy atom. The van der Waals surface area contributed by atoms with Crippen LogP contribution < -0.4 is 15.7 Å². The SMILES string of the molecule is CC(C)(C)[Si](OCc1ncc(C(CNC(=O)c2cc(-c3ncc(F)cn3)ccc2Cl)N2CCC(F)(F)CC2)s1)(c1ccccc1)c1ccccc1. The lowest BCUT2D eigenvalue weighted by Gasteiger charge is -2.42. The second-order valence-electron chi connectivity index (χ2n) is 13.6. The summed E-state index contributed by atoms with van der Waals surface area (Å²) in [5.41, 5.74) is 0.682. The van der Waals surface area contributed by atoms with Crippen LogP contribution in [0.1, 0.15) is 59.9 Å². The van der Waals surface area contributed by atoms with Gasteiger partial charge < -0.3 is 9.74 Å². The summed E-state index contributed by atoms with van der Waals surface area (Å²) in [6, 6.07) is 25.1. The van der Waals surface area contributed by atoms with Crippen molar-refractivity contribution >= 4 is 47.5 Å². The van der Waals surface area contributed by atoms with Crippen LogP contribution in [0.3, 0.4) is 0 Å². The van der Waals surface area contributed by atoms with Crippen molar-refractivity contribution < 1.29 is 22.4 Å². The number of nitrogens with zero attached hydrogens (tertiary/aromatic N) is 4. The van der Waals surface area contributed by atoms with Crippen molar-refractivity contribution in [2.45, 2.75) is 57.2 Å². The fraction of sp³-hybridized carbons (Fsp3) is 0.316. The van der Waals surface area contributed by atoms with Crippen molar-refractivity contribution in [3.8, 4) is 11.4 Å². The first kappa shape index (κ1) is 36.8. The third-order valence-electron chi connectivity index (χ3n) is 9.24. The van der Waals surface area contributed by atoms with E-state index >= 15 is 0 Å². The number of nitrogens with one attached hydrogen (secondary N) is 1. The number of hydrogen-bond acceptors (Lipinski definition) is 7. The van der Waals surface area contributed by atoms with E-state index in [1.54, 1.807) is 24.4 Å². The Morgan fingerprint density at radius 3 is 2.16 bits per heavy atom. The molecule has 266 valence electrons. The van der Waals surface area contributed by atoms with E-state index in [2.05, 4.69) is 60.3 Å². The molecule has 2 aromatic heterocycles. The summed E-state index contributed by atoms with van der Waals surface area (Å²) in [6.07, 6.45) is 3.31. The fourth-order valence-electron chi connectivity index (χ4n) is 6.63. The number of alkyl halides is 2. The highest BCUT2D eigenvalue weighted by molar-refractivity contribution is 7.11. The molecule has 1 N–H and O–H groups in total. The number of halogens is 4. The molecule has 1 aliphatic rings. The van der Waals surface area contributed by atoms with E-state index in [0.29, 0.717) is 5.56 Å². The molecule has 1 amide bonds. The molecule has 0 spiro atoms. The third-order valence-corrected chi connectivity index (χ3v) is 15.6. The first-order chi connectivity index (χ1) is 24.4. The van der Waals surface area contributed by atoms with E-state index in [1.165, 1.54) is 11.3 Å². The van der Waals surface area contributed by atoms with Gasteiger partial charge in [-0.25, -0.2) is 28.1 Å². The number of piperidine rings is 1. The van der Waals surface area contributed by atoms with Crippen molar-refractivity contribution in [3.63, 3.8) is 0 Å². The topological polar surface area (TPSA) is 80.2 Å². The second kappa shape index (κ2) is 15.3. The molecule has 3 aromatic carbocycles. The number of hydrogen-bond donors (Lipinski definition) is 1. The van der Waals surface area contributed by atoms with Crippen LogP contribution in [0.15, 0.2) is 97.5 Å². The van der Waals surface area contributed by atoms with Crippen molar-refractivity contribution in [1.82, 2.24) is 25.2 Å². The van der Waals surface area contributed by atoms with Gasteiger partial charge in [0.1, 0.15) is 5.01 Å². The molecule has 0 bridgehead atoms. The first-order valence-corrected chi connectivity index (χ1v) is 19.8. The minimum Gasteiger partial charge on any atom is -0.401 e. The number of benzene rings is 3. The predicted octanol–water partition coefficient (Wildman–Crippen LogP) is 7.67. The van der Waals surface area contributed by atoms with Crippen molar-refractivity contribution in [2.24, 2.45) is 0 Å². The van der Waals surface area contributed by atoms with Gasteiger partial charge in [-0.15, -0.1) is 11.3 Å². The summed E-state index contributed by atoms with van der Waals surface area (Å²) >= 11 is 7.90. The summed E-state index contributed by atoms with van der Waals surface area (Å²) < 4.78 is 49.0. The normalized spacial score (nSPS) is 15.7. The van der Waals surface area contributed by atoms with Crippen molar-refractivity contribution in [3.05, 3.63) is 124 Å². The van der Waals surface area contributed by atoms with Crippen LogP contribution in [-0.4, -0.2) is 59.6 Å². The molecule has 7 nitrogen and oxygen atoms in total. The second-order valence-corrected chi connectivity index (χ2v) is 19.5. The van der Waals surface area contributed by atoms with Gasteiger partial charge >= 0.3 is 0 Å². The maximum Gasteiger partial charge on any atom is 0.261 e. The Kier molecular flexibility index (Phi) is 11.1. The van der Waals surface area contributed by atoms with Gasteiger partial charge in [0, 0.05) is 49.1 Å². The standard InChI is InChI=1S/C38H39ClF3N5O2SSi/c1-37(2,3)51(28-10-6-4-7-11-28,29-12-8-5-9-13-29)49-25-34-43-24-33(50-34)32(47-18-16-38(41,42)17-19-47)23-46-36(48)30-20-26(14-15-31(30)39)35-44-21-27(40)22-45-35/h4-15,20-22,24,32H,16-19,23,25H2,1-3H3,(H,46,48). The van der Waals surface area contributed by atoms with Crippen LogP contribution in [0.2, 0.25) is 10.1 Å². The lowest BCUT2D eigenvalue weighted by Crippen LogP contribution is -2.66. The number of aromatic nitrogens is 3. The monoisotopic (exact) mass is 749 g/mol. The van der Waals surface area contributed by atoms with Gasteiger partial charge in [0.2, 0.25) is 0 Å². The van der Waals surface area contributed by atoms with Gasteiger partial charge in [-0.1, -0.05) is 93.0 Å². The smallest absolute Gasteiger partial charge is 0.261 e. The Morgan fingerprint density at radius 2 is 1.57 bits per heavy atom. The summed E-state index contributed by atoms with van der Waals surface area (Å²) in [4.78, 5) is 29.1. The summed E-state index contributed by atoms with van der Waals surface area (Å²) in [7, 11) is -2.83. The molecule has 0 radical (unpaired) electrons. The molecule has 5 aromatic rings. The molecule has 1 aliphatic heterocycles. The molecule has 1 saturated heterocycles. The Labute approximate surface area is 306 Å². The number of carbonyl (C=O) groups is 1. The molecule has 51 heavy (non-hydrogen) atoms. The quantitative estimate of drug-likeness (QED) is 0.140. The Balaban J connectivity index is 1.25. The average Bonchev–Trinajstić information content (AvgIpc) is 3.59. The highest BCUT2D eigenvalue weighted by atomic mass is 35.5. The largest absolute Gasteiger partial charge is 0.401 e. The van der Waals surface area contributed by atoms with Gasteiger partial charge in [0.15, 0.2) is 11.6 Å². The van der Waals surface area contributed by atoms with Gasteiger partial charge in [-0.2, -0.15) is 0 Å². The van der Waals surface area contributed by atoms with Crippen molar-refractivity contribution in [1.29, 1.82) is 0 Å². The lowest BCUT2D eigenvalue weighted by molar-refractivity contribution is -0.0629. The zero-order valence-corrected chi connectivity index (χ0v) is 31.2. The molecular weight excluding hydrogens is 711 g/mol. The minimum absolute atomic E-state index is 0.134. The first-order valence-electron chi connectivity index (χ1n) is 16.7. The van der Waals surface area contributed by atoms with Gasteiger partial charge in [-0.05, 0) is 33.6 Å². The van der Waals surface area contributed by atoms with Gasteiger partial charge in [0.25, 0.3) is 20.1 Å². The van der Waals surface area contributed by atoms with Crippen LogP contribution in [0.5, 0.6) is 0 Å². The van der Waals surface area contributed by atoms with E-state index < -0.39 is 32.0 Å². The number of carbonyl (C=O) groups excluding carboxylic acids is 1. The molecule has 1 fully saturated rings. The molecular formula is C38H39ClF3N5O2SSi. The van der Waals surface area contributed by atoms with Crippen LogP contribution in [0, 0.1) is 5.82 Å². The number of thiazole rings is 1. The zero-order valence-electron chi connectivity index (χ0n) is 28.6. The van der Waals surface area contributed by atoms with E-state index in [4.69, 9.17) is 21.0 Å². The molecule has 1 unspecified atom stereocenters. The molecule has 3 heterocycles. The maximum absolute atomic E-state index is 14.3.